The molecule has 5 aliphatic rings. The van der Waals surface area contributed by atoms with Gasteiger partial charge in [0.25, 0.3) is 0 Å². The van der Waals surface area contributed by atoms with Gasteiger partial charge in [-0.2, -0.15) is 0 Å². The summed E-state index contributed by atoms with van der Waals surface area (Å²) in [5, 5.41) is 17.5. The normalized spacial score (nSPS) is 29.5. The minimum atomic E-state index is -4.46. The van der Waals surface area contributed by atoms with Crippen molar-refractivity contribution in [2.75, 3.05) is 32.8 Å². The second-order valence-electron chi connectivity index (χ2n) is 24.1. The fraction of sp³-hybridized carbons (Fsp3) is 0.737. The molecular formula is C57H87NO18S2Si. The first-order valence-corrected chi connectivity index (χ1v) is 31.8. The number of hydrogen-bond acceptors (Lipinski definition) is 20. The third kappa shape index (κ3) is 13.0. The van der Waals surface area contributed by atoms with Crippen LogP contribution >= 0.6 is 21.6 Å². The highest BCUT2D eigenvalue weighted by atomic mass is 33.1. The third-order valence-electron chi connectivity index (χ3n) is 15.6. The SMILES string of the molecule is COc1ccc(OC)c(C(=O)O[C@H]2[C@@H]3[C@]4(OC(C)=O)CO[C@@H]4C[C@H]4O[C@@H]([C@H](OC(=O)CCCSSC)C5=C(C)C(OC(=O)[C@@H]([C@H](C=C(C)C)NC(=O)OC(C)(C)C)[Si](OC(C)C)(OC(C)C)OC(C)C)C[C@]2(O)C5(C)C)[C@@]34C)c1. The molecule has 1 aromatic rings. The highest BCUT2D eigenvalue weighted by molar-refractivity contribution is 8.76. The second kappa shape index (κ2) is 24.9. The van der Waals surface area contributed by atoms with Crippen LogP contribution in [0.15, 0.2) is 41.0 Å². The number of esters is 4. The van der Waals surface area contributed by atoms with Crippen molar-refractivity contribution in [2.24, 2.45) is 16.7 Å². The average Bonchev–Trinajstić information content (AvgIpc) is 1.75. The number of rotatable bonds is 23. The monoisotopic (exact) mass is 1170 g/mol. The van der Waals surface area contributed by atoms with Crippen molar-refractivity contribution in [1.82, 2.24) is 5.32 Å². The van der Waals surface area contributed by atoms with Crippen LogP contribution in [0.2, 0.25) is 5.54 Å². The molecule has 0 spiro atoms. The van der Waals surface area contributed by atoms with E-state index in [1.165, 1.54) is 27.2 Å². The van der Waals surface area contributed by atoms with Crippen LogP contribution < -0.4 is 14.8 Å². The molecule has 2 N–H and O–H groups in total. The summed E-state index contributed by atoms with van der Waals surface area (Å²) in [4.78, 5) is 73.3. The van der Waals surface area contributed by atoms with Crippen LogP contribution in [-0.2, 0) is 60.8 Å². The van der Waals surface area contributed by atoms with Crippen molar-refractivity contribution in [3.05, 3.63) is 46.6 Å². The summed E-state index contributed by atoms with van der Waals surface area (Å²) in [5.41, 5.74) is -7.50. The number of fused-ring (bicyclic) bond motifs is 4. The molecule has 1 amide bonds. The first kappa shape index (κ1) is 64.3. The topological polar surface area (TPSA) is 228 Å². The molecular weight excluding hydrogens is 1080 g/mol. The van der Waals surface area contributed by atoms with Gasteiger partial charge in [0.2, 0.25) is 0 Å². The highest BCUT2D eigenvalue weighted by Crippen LogP contribution is 2.70. The van der Waals surface area contributed by atoms with Gasteiger partial charge in [0.05, 0.1) is 38.9 Å². The quantitative estimate of drug-likeness (QED) is 0.0260. The molecule has 12 atom stereocenters. The number of methoxy groups -OCH3 is 2. The Morgan fingerprint density at radius 1 is 0.911 bits per heavy atom. The number of aliphatic hydroxyl groups is 1. The molecule has 79 heavy (non-hydrogen) atoms. The predicted molar refractivity (Wildman–Crippen MR) is 300 cm³/mol. The molecule has 2 saturated carbocycles. The number of carbonyl (C=O) groups is 5. The Kier molecular flexibility index (Phi) is 20.3. The van der Waals surface area contributed by atoms with Gasteiger partial charge in [-0.25, -0.2) is 9.59 Å². The molecule has 0 aromatic heterocycles. The van der Waals surface area contributed by atoms with E-state index in [9.17, 15) is 19.5 Å². The largest absolute Gasteiger partial charge is 0.519 e. The Morgan fingerprint density at radius 3 is 2.06 bits per heavy atom. The van der Waals surface area contributed by atoms with Crippen LogP contribution in [-0.4, -0.2) is 154 Å². The van der Waals surface area contributed by atoms with Gasteiger partial charge in [0.1, 0.15) is 52.7 Å². The van der Waals surface area contributed by atoms with E-state index >= 15 is 9.59 Å². The number of ether oxygens (including phenoxy) is 9. The van der Waals surface area contributed by atoms with E-state index in [1.54, 1.807) is 123 Å². The Morgan fingerprint density at radius 2 is 1.54 bits per heavy atom. The van der Waals surface area contributed by atoms with Crippen LogP contribution in [0.1, 0.15) is 147 Å². The molecule has 3 aliphatic carbocycles. The van der Waals surface area contributed by atoms with Gasteiger partial charge >= 0.3 is 38.8 Å². The Bertz CT molecular complexity index is 2450. The Hall–Kier alpha value is -3.87. The van der Waals surface area contributed by atoms with E-state index in [2.05, 4.69) is 5.32 Å². The molecule has 6 rings (SSSR count). The van der Waals surface area contributed by atoms with Gasteiger partial charge < -0.3 is 66.3 Å². The van der Waals surface area contributed by atoms with Gasteiger partial charge in [0.15, 0.2) is 17.2 Å². The molecule has 1 unspecified atom stereocenters. The molecule has 19 nitrogen and oxygen atoms in total. The molecule has 2 aliphatic heterocycles. The maximum atomic E-state index is 16.2. The van der Waals surface area contributed by atoms with Crippen molar-refractivity contribution in [3.63, 3.8) is 0 Å². The van der Waals surface area contributed by atoms with Crippen molar-refractivity contribution < 1.29 is 85.0 Å². The fourth-order valence-electron chi connectivity index (χ4n) is 12.6. The van der Waals surface area contributed by atoms with Gasteiger partial charge in [-0.05, 0) is 125 Å². The fourth-order valence-corrected chi connectivity index (χ4v) is 17.4. The minimum absolute atomic E-state index is 0.0308. The highest BCUT2D eigenvalue weighted by Gasteiger charge is 2.82. The van der Waals surface area contributed by atoms with E-state index in [0.717, 1.165) is 0 Å². The van der Waals surface area contributed by atoms with Gasteiger partial charge in [-0.3, -0.25) is 14.4 Å². The average molecular weight is 1170 g/mol. The number of carbonyl (C=O) groups excluding carboxylic acids is 5. The second-order valence-corrected chi connectivity index (χ2v) is 29.4. The molecule has 2 heterocycles. The van der Waals surface area contributed by atoms with Gasteiger partial charge in [-0.1, -0.05) is 54.0 Å². The molecule has 4 fully saturated rings. The number of amides is 1. The third-order valence-corrected chi connectivity index (χ3v) is 21.3. The number of alkyl carbamates (subject to hydrolysis) is 1. The number of nitrogens with one attached hydrogen (secondary N) is 1. The van der Waals surface area contributed by atoms with Crippen molar-refractivity contribution >= 4 is 60.4 Å². The summed E-state index contributed by atoms with van der Waals surface area (Å²) in [7, 11) is 1.60. The van der Waals surface area contributed by atoms with Crippen molar-refractivity contribution in [2.45, 2.75) is 220 Å². The zero-order chi connectivity index (χ0) is 59.0. The van der Waals surface area contributed by atoms with E-state index in [0.29, 0.717) is 34.6 Å². The zero-order valence-corrected chi connectivity index (χ0v) is 52.3. The Balaban J connectivity index is 1.66. The lowest BCUT2D eigenvalue weighted by atomic mass is 9.42. The summed E-state index contributed by atoms with van der Waals surface area (Å²) in [5.74, 6) is -2.99. The summed E-state index contributed by atoms with van der Waals surface area (Å²) in [6, 6.07) is 3.42. The molecule has 2 bridgehead atoms. The smallest absolute Gasteiger partial charge is 0.497 e. The lowest BCUT2D eigenvalue weighted by molar-refractivity contribution is -0.416. The van der Waals surface area contributed by atoms with Crippen LogP contribution in [0.3, 0.4) is 0 Å². The van der Waals surface area contributed by atoms with Crippen LogP contribution in [0, 0.1) is 16.7 Å². The van der Waals surface area contributed by atoms with E-state index in [1.807, 2.05) is 27.0 Å². The molecule has 444 valence electrons. The van der Waals surface area contributed by atoms with E-state index < -0.39 is 145 Å². The van der Waals surface area contributed by atoms with Crippen molar-refractivity contribution in [1.29, 1.82) is 0 Å². The Labute approximate surface area is 476 Å². The molecule has 0 radical (unpaired) electrons. The number of benzene rings is 1. The van der Waals surface area contributed by atoms with Gasteiger partial charge in [0, 0.05) is 61.1 Å². The minimum Gasteiger partial charge on any atom is -0.497 e. The lowest BCUT2D eigenvalue weighted by Crippen LogP contribution is -2.86. The molecule has 22 heteroatoms. The lowest BCUT2D eigenvalue weighted by Gasteiger charge is -2.74. The molecule has 2 saturated heterocycles. The standard InChI is InChI=1S/C57H87NO18S2Si/c1-30(2)25-38(58-52(63)73-53(11,12)13)46(79(74-31(3)4,75-32(5)6)76-33(7)8)51(62)68-40-28-57(64)49(71-50(61)37-26-36(65-17)22-23-39(37)66-18)47-55(16)41(27-42-56(47,29-67-42)72-35(10)59)69-48(55)45(44(34(40)9)54(57,14)15)70-43(60)21-20-24-78-77-19/h22-23,25-26,31-33,38,40-42,45-49,64H,20-21,24,27-29H2,1-19H3,(H,58,63)/t38-,40?,41+,42+,45+,46+,47-,48-,49-,55+,56-,57+/m0/s1. The summed E-state index contributed by atoms with van der Waals surface area (Å²) < 4.78 is 77.5. The zero-order valence-electron chi connectivity index (χ0n) is 49.7. The van der Waals surface area contributed by atoms with Crippen molar-refractivity contribution in [3.8, 4) is 11.5 Å². The van der Waals surface area contributed by atoms with Crippen LogP contribution in [0.25, 0.3) is 0 Å². The number of hydrogen-bond donors (Lipinski definition) is 2. The van der Waals surface area contributed by atoms with Crippen LogP contribution in [0.4, 0.5) is 4.79 Å². The molecule has 1 aromatic carbocycles. The first-order valence-electron chi connectivity index (χ1n) is 27.3. The maximum Gasteiger partial charge on any atom is 0.519 e. The predicted octanol–water partition coefficient (Wildman–Crippen LogP) is 9.27. The maximum absolute atomic E-state index is 16.2. The summed E-state index contributed by atoms with van der Waals surface area (Å²) in [6.45, 7) is 27.9. The number of allylic oxidation sites excluding steroid dienone is 1. The summed E-state index contributed by atoms with van der Waals surface area (Å²) >= 11 is 0. The first-order chi connectivity index (χ1) is 36.7. The van der Waals surface area contributed by atoms with Gasteiger partial charge in [-0.15, -0.1) is 0 Å². The summed E-state index contributed by atoms with van der Waals surface area (Å²) in [6.07, 6.45) is -5.16. The van der Waals surface area contributed by atoms with Crippen LogP contribution in [0.5, 0.6) is 11.5 Å². The van der Waals surface area contributed by atoms with E-state index in [4.69, 9.17) is 55.9 Å². The van der Waals surface area contributed by atoms with E-state index in [-0.39, 0.29) is 30.8 Å².